The maximum atomic E-state index is 13.3. The minimum Gasteiger partial charge on any atom is -0.278 e. The van der Waals surface area contributed by atoms with Gasteiger partial charge in [-0.05, 0) is 42.8 Å². The lowest BCUT2D eigenvalue weighted by atomic mass is 10.1. The number of benzene rings is 2. The predicted molar refractivity (Wildman–Crippen MR) is 90.8 cm³/mol. The zero-order valence-corrected chi connectivity index (χ0v) is 12.7. The van der Waals surface area contributed by atoms with E-state index in [0.717, 1.165) is 11.1 Å². The number of hydrogen-bond donors (Lipinski definition) is 1. The van der Waals surface area contributed by atoms with Gasteiger partial charge in [0.2, 0.25) is 0 Å². The van der Waals surface area contributed by atoms with E-state index in [-0.39, 0.29) is 11.5 Å². The van der Waals surface area contributed by atoms with Crippen LogP contribution in [-0.2, 0) is 0 Å². The molecule has 0 saturated carbocycles. The first kappa shape index (κ1) is 15.5. The second kappa shape index (κ2) is 6.41. The Hall–Kier alpha value is -3.35. The molecule has 1 heterocycles. The summed E-state index contributed by atoms with van der Waals surface area (Å²) >= 11 is 0. The summed E-state index contributed by atoms with van der Waals surface area (Å²) in [6.45, 7) is 1.82. The number of nitro groups is 1. The highest BCUT2D eigenvalue weighted by atomic mass is 19.1. The molecule has 7 heteroatoms. The Morgan fingerprint density at radius 1 is 1.21 bits per heavy atom. The number of aryl methyl sites for hydroxylation is 1. The zero-order valence-electron chi connectivity index (χ0n) is 12.7. The summed E-state index contributed by atoms with van der Waals surface area (Å²) in [7, 11) is 0. The fourth-order valence-corrected chi connectivity index (χ4v) is 2.28. The molecular formula is C17H13FN4O2. The monoisotopic (exact) mass is 324 g/mol. The topological polar surface area (TPSA) is 80.4 Å². The molecular weight excluding hydrogens is 311 g/mol. The molecule has 0 fully saturated rings. The van der Waals surface area contributed by atoms with E-state index in [1.54, 1.807) is 24.4 Å². The highest BCUT2D eigenvalue weighted by molar-refractivity contribution is 5.92. The van der Waals surface area contributed by atoms with Crippen molar-refractivity contribution < 1.29 is 9.31 Å². The number of hydrogen-bond acceptors (Lipinski definition) is 5. The van der Waals surface area contributed by atoms with Gasteiger partial charge in [-0.25, -0.2) is 4.39 Å². The Balaban J connectivity index is 1.83. The lowest BCUT2D eigenvalue weighted by Crippen LogP contribution is -1.95. The Labute approximate surface area is 136 Å². The van der Waals surface area contributed by atoms with Crippen LogP contribution in [0.4, 0.5) is 15.8 Å². The summed E-state index contributed by atoms with van der Waals surface area (Å²) in [6.07, 6.45) is 1.55. The van der Waals surface area contributed by atoms with Crippen molar-refractivity contribution in [1.82, 2.24) is 4.98 Å². The van der Waals surface area contributed by atoms with Crippen LogP contribution in [0.1, 0.15) is 11.3 Å². The number of fused-ring (bicyclic) bond motifs is 1. The Morgan fingerprint density at radius 3 is 2.67 bits per heavy atom. The third kappa shape index (κ3) is 3.35. The van der Waals surface area contributed by atoms with Crippen molar-refractivity contribution in [2.75, 3.05) is 5.43 Å². The van der Waals surface area contributed by atoms with Gasteiger partial charge in [-0.2, -0.15) is 5.10 Å². The van der Waals surface area contributed by atoms with Gasteiger partial charge in [0.1, 0.15) is 5.82 Å². The molecule has 24 heavy (non-hydrogen) atoms. The van der Waals surface area contributed by atoms with Gasteiger partial charge in [0.25, 0.3) is 5.69 Å². The van der Waals surface area contributed by atoms with Crippen LogP contribution in [0.15, 0.2) is 53.6 Å². The summed E-state index contributed by atoms with van der Waals surface area (Å²) in [5, 5.41) is 15.5. The van der Waals surface area contributed by atoms with Crippen LogP contribution >= 0.6 is 0 Å². The lowest BCUT2D eigenvalue weighted by Gasteiger charge is -2.07. The van der Waals surface area contributed by atoms with Crippen molar-refractivity contribution in [3.63, 3.8) is 0 Å². The number of nitro benzene ring substituents is 1. The SMILES string of the molecule is Cc1cc(N/N=C/c2ccc([N+](=O)[O-])cc2)c2ccc(F)cc2n1. The summed E-state index contributed by atoms with van der Waals surface area (Å²) in [5.74, 6) is -0.346. The van der Waals surface area contributed by atoms with Gasteiger partial charge in [0.05, 0.1) is 22.3 Å². The number of hydrazone groups is 1. The van der Waals surface area contributed by atoms with Crippen molar-refractivity contribution in [2.45, 2.75) is 6.92 Å². The number of pyridine rings is 1. The summed E-state index contributed by atoms with van der Waals surface area (Å²) in [5.41, 5.74) is 5.64. The number of aromatic nitrogens is 1. The first-order valence-corrected chi connectivity index (χ1v) is 7.13. The van der Waals surface area contributed by atoms with Gasteiger partial charge in [-0.3, -0.25) is 20.5 Å². The molecule has 1 aromatic heterocycles. The average molecular weight is 324 g/mol. The number of non-ortho nitro benzene ring substituents is 1. The van der Waals surface area contributed by atoms with Crippen molar-refractivity contribution in [2.24, 2.45) is 5.10 Å². The third-order valence-electron chi connectivity index (χ3n) is 3.40. The highest BCUT2D eigenvalue weighted by Gasteiger charge is 2.05. The molecule has 0 bridgehead atoms. The van der Waals surface area contributed by atoms with Crippen LogP contribution in [0.3, 0.4) is 0 Å². The van der Waals surface area contributed by atoms with Crippen LogP contribution in [0.2, 0.25) is 0 Å². The van der Waals surface area contributed by atoms with Gasteiger partial charge in [0.15, 0.2) is 0 Å². The second-order valence-electron chi connectivity index (χ2n) is 5.19. The summed E-state index contributed by atoms with van der Waals surface area (Å²) in [4.78, 5) is 14.5. The fraction of sp³-hybridized carbons (Fsp3) is 0.0588. The molecule has 6 nitrogen and oxygen atoms in total. The number of halogens is 1. The minimum atomic E-state index is -0.454. The predicted octanol–water partition coefficient (Wildman–Crippen LogP) is 4.04. The van der Waals surface area contributed by atoms with Crippen LogP contribution in [-0.4, -0.2) is 16.1 Å². The number of nitrogens with zero attached hydrogens (tertiary/aromatic N) is 3. The standard InChI is InChI=1S/C17H13FN4O2/c1-11-8-17(15-7-4-13(18)9-16(15)20-11)21-19-10-12-2-5-14(6-3-12)22(23)24/h2-10H,1H3,(H,20,21)/b19-10+. The molecule has 0 aliphatic heterocycles. The molecule has 0 aliphatic carbocycles. The Bertz CT molecular complexity index is 934. The first-order chi connectivity index (χ1) is 11.5. The van der Waals surface area contributed by atoms with Crippen LogP contribution in [0, 0.1) is 22.9 Å². The molecule has 120 valence electrons. The van der Waals surface area contributed by atoms with Crippen LogP contribution in [0.25, 0.3) is 10.9 Å². The average Bonchev–Trinajstić information content (AvgIpc) is 2.54. The van der Waals surface area contributed by atoms with Crippen molar-refractivity contribution in [1.29, 1.82) is 0 Å². The van der Waals surface area contributed by atoms with E-state index in [0.29, 0.717) is 16.8 Å². The molecule has 3 rings (SSSR count). The molecule has 0 aliphatic rings. The summed E-state index contributed by atoms with van der Waals surface area (Å²) in [6, 6.07) is 12.2. The molecule has 3 aromatic rings. The van der Waals surface area contributed by atoms with Crippen molar-refractivity contribution in [3.8, 4) is 0 Å². The Kier molecular flexibility index (Phi) is 4.15. The maximum absolute atomic E-state index is 13.3. The molecule has 0 atom stereocenters. The lowest BCUT2D eigenvalue weighted by molar-refractivity contribution is -0.384. The van der Waals surface area contributed by atoms with E-state index in [9.17, 15) is 14.5 Å². The minimum absolute atomic E-state index is 0.0258. The largest absolute Gasteiger partial charge is 0.278 e. The molecule has 0 unspecified atom stereocenters. The quantitative estimate of drug-likeness (QED) is 0.446. The molecule has 0 saturated heterocycles. The second-order valence-corrected chi connectivity index (χ2v) is 5.19. The van der Waals surface area contributed by atoms with Crippen LogP contribution in [0.5, 0.6) is 0 Å². The van der Waals surface area contributed by atoms with Gasteiger partial charge in [-0.1, -0.05) is 0 Å². The van der Waals surface area contributed by atoms with E-state index in [1.807, 2.05) is 13.0 Å². The smallest absolute Gasteiger partial charge is 0.269 e. The van der Waals surface area contributed by atoms with E-state index in [4.69, 9.17) is 0 Å². The van der Waals surface area contributed by atoms with E-state index in [2.05, 4.69) is 15.5 Å². The molecule has 1 N–H and O–H groups in total. The van der Waals surface area contributed by atoms with Gasteiger partial charge in [-0.15, -0.1) is 0 Å². The summed E-state index contributed by atoms with van der Waals surface area (Å²) < 4.78 is 13.3. The first-order valence-electron chi connectivity index (χ1n) is 7.13. The zero-order chi connectivity index (χ0) is 17.1. The van der Waals surface area contributed by atoms with Gasteiger partial charge >= 0.3 is 0 Å². The third-order valence-corrected chi connectivity index (χ3v) is 3.40. The van der Waals surface area contributed by atoms with Gasteiger partial charge < -0.3 is 0 Å². The number of nitrogens with one attached hydrogen (secondary N) is 1. The fourth-order valence-electron chi connectivity index (χ4n) is 2.28. The number of rotatable bonds is 4. The molecule has 0 amide bonds. The normalized spacial score (nSPS) is 11.1. The van der Waals surface area contributed by atoms with E-state index in [1.165, 1.54) is 24.3 Å². The highest BCUT2D eigenvalue weighted by Crippen LogP contribution is 2.24. The molecule has 0 spiro atoms. The number of anilines is 1. The van der Waals surface area contributed by atoms with Crippen LogP contribution < -0.4 is 5.43 Å². The van der Waals surface area contributed by atoms with Crippen molar-refractivity contribution in [3.05, 3.63) is 75.7 Å². The maximum Gasteiger partial charge on any atom is 0.269 e. The Morgan fingerprint density at radius 2 is 1.96 bits per heavy atom. The van der Waals surface area contributed by atoms with E-state index < -0.39 is 4.92 Å². The molecule has 2 aromatic carbocycles. The van der Waals surface area contributed by atoms with E-state index >= 15 is 0 Å². The molecule has 0 radical (unpaired) electrons. The van der Waals surface area contributed by atoms with Gasteiger partial charge in [0, 0.05) is 29.3 Å². The van der Waals surface area contributed by atoms with Crippen molar-refractivity contribution >= 4 is 28.5 Å².